The number of anilines is 1. The molecule has 1 saturated carbocycles. The van der Waals surface area contributed by atoms with Gasteiger partial charge in [-0.1, -0.05) is 31.8 Å². The average molecular weight is 351 g/mol. The topological polar surface area (TPSA) is 94.0 Å². The molecular weight excluding hydrogens is 328 g/mol. The second-order valence-electron chi connectivity index (χ2n) is 6.51. The van der Waals surface area contributed by atoms with Gasteiger partial charge in [-0.2, -0.15) is 4.98 Å². The first-order valence-electron chi connectivity index (χ1n) is 8.02. The third-order valence-electron chi connectivity index (χ3n) is 4.29. The summed E-state index contributed by atoms with van der Waals surface area (Å²) in [5.41, 5.74) is 7.46. The average Bonchev–Trinajstić information content (AvgIpc) is 3.18. The van der Waals surface area contributed by atoms with Crippen molar-refractivity contribution in [1.82, 2.24) is 10.1 Å². The molecule has 1 heterocycles. The van der Waals surface area contributed by atoms with Gasteiger partial charge in [-0.05, 0) is 37.1 Å². The first-order valence-corrected chi connectivity index (χ1v) is 8.02. The number of hydrogen-bond donors (Lipinski definition) is 2. The largest absolute Gasteiger partial charge is 0.334 e. The summed E-state index contributed by atoms with van der Waals surface area (Å²) in [5, 5.41) is 6.91. The zero-order valence-corrected chi connectivity index (χ0v) is 14.7. The van der Waals surface area contributed by atoms with Crippen LogP contribution in [0.4, 0.5) is 5.69 Å². The van der Waals surface area contributed by atoms with Crippen LogP contribution in [0.1, 0.15) is 45.4 Å². The number of carbonyl (C=O) groups excluding carboxylic acids is 1. The summed E-state index contributed by atoms with van der Waals surface area (Å²) in [6, 6.07) is 7.36. The molecule has 0 bridgehead atoms. The van der Waals surface area contributed by atoms with E-state index < -0.39 is 5.54 Å². The molecule has 0 saturated heterocycles. The van der Waals surface area contributed by atoms with Gasteiger partial charge in [-0.25, -0.2) is 0 Å². The number of nitrogens with zero attached hydrogens (tertiary/aromatic N) is 2. The SMILES string of the molecule is CC(C)C(=O)Nc1ccc(-c2nc(C3(N)CCCC3)no2)cc1.Cl. The van der Waals surface area contributed by atoms with E-state index in [-0.39, 0.29) is 24.2 Å². The number of halogens is 1. The Morgan fingerprint density at radius 1 is 1.25 bits per heavy atom. The maximum Gasteiger partial charge on any atom is 0.257 e. The van der Waals surface area contributed by atoms with Crippen LogP contribution >= 0.6 is 12.4 Å². The molecule has 0 atom stereocenters. The van der Waals surface area contributed by atoms with Crippen LogP contribution in [-0.2, 0) is 10.3 Å². The van der Waals surface area contributed by atoms with Crippen molar-refractivity contribution in [2.75, 3.05) is 5.32 Å². The molecule has 0 unspecified atom stereocenters. The number of aromatic nitrogens is 2. The molecule has 3 N–H and O–H groups in total. The highest BCUT2D eigenvalue weighted by Crippen LogP contribution is 2.35. The summed E-state index contributed by atoms with van der Waals surface area (Å²) in [4.78, 5) is 16.1. The molecule has 0 spiro atoms. The zero-order chi connectivity index (χ0) is 16.4. The molecule has 2 aromatic rings. The fourth-order valence-corrected chi connectivity index (χ4v) is 2.76. The van der Waals surface area contributed by atoms with E-state index in [0.717, 1.165) is 36.9 Å². The van der Waals surface area contributed by atoms with Crippen LogP contribution in [0.5, 0.6) is 0 Å². The van der Waals surface area contributed by atoms with E-state index >= 15 is 0 Å². The monoisotopic (exact) mass is 350 g/mol. The highest BCUT2D eigenvalue weighted by molar-refractivity contribution is 5.92. The normalized spacial score (nSPS) is 16.0. The molecule has 24 heavy (non-hydrogen) atoms. The van der Waals surface area contributed by atoms with Gasteiger partial charge < -0.3 is 15.6 Å². The Labute approximate surface area is 147 Å². The van der Waals surface area contributed by atoms with Gasteiger partial charge in [0.1, 0.15) is 0 Å². The van der Waals surface area contributed by atoms with Crippen molar-refractivity contribution < 1.29 is 9.32 Å². The summed E-state index contributed by atoms with van der Waals surface area (Å²) in [7, 11) is 0. The lowest BCUT2D eigenvalue weighted by atomic mass is 9.99. The molecule has 0 aliphatic heterocycles. The summed E-state index contributed by atoms with van der Waals surface area (Å²) in [6.07, 6.45) is 3.99. The van der Waals surface area contributed by atoms with Gasteiger partial charge in [-0.3, -0.25) is 4.79 Å². The van der Waals surface area contributed by atoms with E-state index in [0.29, 0.717) is 11.7 Å². The lowest BCUT2D eigenvalue weighted by molar-refractivity contribution is -0.118. The molecule has 0 radical (unpaired) electrons. The van der Waals surface area contributed by atoms with E-state index in [4.69, 9.17) is 10.3 Å². The maximum atomic E-state index is 11.7. The first-order chi connectivity index (χ1) is 11.0. The molecular formula is C17H23ClN4O2. The Morgan fingerprint density at radius 2 is 1.88 bits per heavy atom. The Bertz CT molecular complexity index is 691. The minimum Gasteiger partial charge on any atom is -0.334 e. The van der Waals surface area contributed by atoms with Crippen molar-refractivity contribution in [3.63, 3.8) is 0 Å². The van der Waals surface area contributed by atoms with Gasteiger partial charge in [0.15, 0.2) is 5.82 Å². The van der Waals surface area contributed by atoms with Gasteiger partial charge in [0.05, 0.1) is 5.54 Å². The van der Waals surface area contributed by atoms with E-state index in [9.17, 15) is 4.79 Å². The lowest BCUT2D eigenvalue weighted by Gasteiger charge is -2.17. The Morgan fingerprint density at radius 3 is 2.46 bits per heavy atom. The van der Waals surface area contributed by atoms with Crippen LogP contribution in [0.25, 0.3) is 11.5 Å². The number of nitrogens with two attached hydrogens (primary N) is 1. The summed E-state index contributed by atoms with van der Waals surface area (Å²) < 4.78 is 5.36. The molecule has 1 amide bonds. The minimum atomic E-state index is -0.451. The highest BCUT2D eigenvalue weighted by Gasteiger charge is 2.36. The number of carbonyl (C=O) groups is 1. The van der Waals surface area contributed by atoms with E-state index in [2.05, 4.69) is 15.5 Å². The smallest absolute Gasteiger partial charge is 0.257 e. The van der Waals surface area contributed by atoms with E-state index in [1.54, 1.807) is 0 Å². The quantitative estimate of drug-likeness (QED) is 0.880. The summed E-state index contributed by atoms with van der Waals surface area (Å²) >= 11 is 0. The third kappa shape index (κ3) is 3.76. The minimum absolute atomic E-state index is 0. The molecule has 130 valence electrons. The van der Waals surface area contributed by atoms with Crippen molar-refractivity contribution in [3.05, 3.63) is 30.1 Å². The van der Waals surface area contributed by atoms with Crippen molar-refractivity contribution in [3.8, 4) is 11.5 Å². The number of amides is 1. The molecule has 1 aliphatic carbocycles. The van der Waals surface area contributed by atoms with Gasteiger partial charge in [0.25, 0.3) is 5.89 Å². The molecule has 6 nitrogen and oxygen atoms in total. The molecule has 3 rings (SSSR count). The van der Waals surface area contributed by atoms with Crippen LogP contribution in [-0.4, -0.2) is 16.0 Å². The molecule has 1 aliphatic rings. The molecule has 7 heteroatoms. The molecule has 1 fully saturated rings. The van der Waals surface area contributed by atoms with Crippen molar-refractivity contribution in [2.45, 2.75) is 45.1 Å². The van der Waals surface area contributed by atoms with Crippen molar-refractivity contribution >= 4 is 24.0 Å². The molecule has 1 aromatic carbocycles. The molecule has 1 aromatic heterocycles. The van der Waals surface area contributed by atoms with Crippen molar-refractivity contribution in [2.24, 2.45) is 11.7 Å². The Balaban J connectivity index is 0.00000208. The first kappa shape index (κ1) is 18.4. The van der Waals surface area contributed by atoms with Crippen molar-refractivity contribution in [1.29, 1.82) is 0 Å². The zero-order valence-electron chi connectivity index (χ0n) is 13.9. The fourth-order valence-electron chi connectivity index (χ4n) is 2.76. The highest BCUT2D eigenvalue weighted by atomic mass is 35.5. The van der Waals surface area contributed by atoms with Gasteiger partial charge in [0.2, 0.25) is 5.91 Å². The van der Waals surface area contributed by atoms with Gasteiger partial charge >= 0.3 is 0 Å². The van der Waals surface area contributed by atoms with Crippen LogP contribution < -0.4 is 11.1 Å². The second kappa shape index (κ2) is 7.32. The summed E-state index contributed by atoms with van der Waals surface area (Å²) in [5.74, 6) is 0.977. The van der Waals surface area contributed by atoms with E-state index in [1.165, 1.54) is 0 Å². The number of nitrogens with one attached hydrogen (secondary N) is 1. The Kier molecular flexibility index (Phi) is 5.62. The lowest BCUT2D eigenvalue weighted by Crippen LogP contribution is -2.34. The fraction of sp³-hybridized carbons (Fsp3) is 0.471. The number of rotatable bonds is 4. The third-order valence-corrected chi connectivity index (χ3v) is 4.29. The maximum absolute atomic E-state index is 11.7. The van der Waals surface area contributed by atoms with Gasteiger partial charge in [0, 0.05) is 17.2 Å². The van der Waals surface area contributed by atoms with Crippen LogP contribution in [0.3, 0.4) is 0 Å². The van der Waals surface area contributed by atoms with Crippen LogP contribution in [0.2, 0.25) is 0 Å². The van der Waals surface area contributed by atoms with Crippen LogP contribution in [0.15, 0.2) is 28.8 Å². The predicted octanol–water partition coefficient (Wildman–Crippen LogP) is 3.48. The van der Waals surface area contributed by atoms with Gasteiger partial charge in [-0.15, -0.1) is 12.4 Å². The second-order valence-corrected chi connectivity index (χ2v) is 6.51. The van der Waals surface area contributed by atoms with E-state index in [1.807, 2.05) is 38.1 Å². The Hall–Kier alpha value is -1.92. The van der Waals surface area contributed by atoms with Crippen LogP contribution in [0, 0.1) is 5.92 Å². The predicted molar refractivity (Wildman–Crippen MR) is 94.8 cm³/mol. The number of hydrogen-bond acceptors (Lipinski definition) is 5. The summed E-state index contributed by atoms with van der Waals surface area (Å²) in [6.45, 7) is 3.71. The number of benzene rings is 1. The standard InChI is InChI=1S/C17H22N4O2.ClH/c1-11(2)14(22)19-13-7-5-12(6-8-13)15-20-16(21-23-15)17(18)9-3-4-10-17;/h5-8,11H,3-4,9-10,18H2,1-2H3,(H,19,22);1H.